The number of aromatic nitrogens is 2. The summed E-state index contributed by atoms with van der Waals surface area (Å²) < 4.78 is 5.81. The zero-order chi connectivity index (χ0) is 29.0. The first kappa shape index (κ1) is 28.0. The number of ketones is 1. The standard InChI is InChI=1S/C29H40N6O5/c1-27(2,3)21(33-26-34-23-19(40-26)10-7-11-31-23)25(39)35-15-29(14-28(29,4)5)13-18(35)24(38)32-17(20(36)22(30)37)12-16-8-6-9-16/h7,10-11,16-18,21H,6,8-9,12-15H2,1-5H3,(H2,30,37)(H,32,38)(H,31,33,34)/t17?,18-,21+,29-/m0/s1. The van der Waals surface area contributed by atoms with E-state index < -0.39 is 41.1 Å². The van der Waals surface area contributed by atoms with Crippen molar-refractivity contribution in [2.75, 3.05) is 11.9 Å². The molecule has 3 heterocycles. The van der Waals surface area contributed by atoms with E-state index in [9.17, 15) is 19.2 Å². The van der Waals surface area contributed by atoms with E-state index in [0.29, 0.717) is 30.6 Å². The monoisotopic (exact) mass is 552 g/mol. The van der Waals surface area contributed by atoms with E-state index >= 15 is 0 Å². The average Bonchev–Trinajstić information content (AvgIpc) is 3.18. The van der Waals surface area contributed by atoms with E-state index in [4.69, 9.17) is 10.2 Å². The molecule has 11 nitrogen and oxygen atoms in total. The average molecular weight is 553 g/mol. The highest BCUT2D eigenvalue weighted by Gasteiger charge is 2.67. The molecular weight excluding hydrogens is 512 g/mol. The molecule has 2 aromatic heterocycles. The van der Waals surface area contributed by atoms with E-state index in [1.807, 2.05) is 20.8 Å². The Kier molecular flexibility index (Phi) is 6.90. The summed E-state index contributed by atoms with van der Waals surface area (Å²) in [6.45, 7) is 10.5. The maximum Gasteiger partial charge on any atom is 0.297 e. The van der Waals surface area contributed by atoms with E-state index in [-0.39, 0.29) is 28.7 Å². The first-order valence-corrected chi connectivity index (χ1v) is 14.1. The largest absolute Gasteiger partial charge is 0.422 e. The minimum Gasteiger partial charge on any atom is -0.422 e. The molecule has 0 bridgehead atoms. The lowest BCUT2D eigenvalue weighted by Crippen LogP contribution is -2.57. The molecule has 3 aliphatic rings. The van der Waals surface area contributed by atoms with Gasteiger partial charge in [0.25, 0.3) is 11.9 Å². The Labute approximate surface area is 234 Å². The lowest BCUT2D eigenvalue weighted by atomic mass is 9.80. The van der Waals surface area contributed by atoms with Gasteiger partial charge in [-0.25, -0.2) is 4.98 Å². The molecule has 1 saturated heterocycles. The van der Waals surface area contributed by atoms with Gasteiger partial charge in [-0.1, -0.05) is 53.9 Å². The van der Waals surface area contributed by atoms with Crippen LogP contribution in [-0.4, -0.2) is 63.0 Å². The van der Waals surface area contributed by atoms with Crippen molar-refractivity contribution in [1.82, 2.24) is 20.2 Å². The molecule has 4 N–H and O–H groups in total. The first-order valence-electron chi connectivity index (χ1n) is 14.1. The van der Waals surface area contributed by atoms with Crippen LogP contribution in [0.2, 0.25) is 0 Å². The maximum absolute atomic E-state index is 14.3. The number of nitrogens with zero attached hydrogens (tertiary/aromatic N) is 3. The fourth-order valence-electron chi connectivity index (χ4n) is 6.37. The summed E-state index contributed by atoms with van der Waals surface area (Å²) in [5, 5.41) is 5.99. The quantitative estimate of drug-likeness (QED) is 0.400. The van der Waals surface area contributed by atoms with Crippen LogP contribution in [0.5, 0.6) is 0 Å². The summed E-state index contributed by atoms with van der Waals surface area (Å²) in [6.07, 6.45) is 6.35. The number of hydrogen-bond acceptors (Lipinski definition) is 8. The van der Waals surface area contributed by atoms with Gasteiger partial charge in [0.2, 0.25) is 23.2 Å². The number of likely N-dealkylation sites (tertiary alicyclic amines) is 1. The molecule has 2 aromatic rings. The number of nitrogens with two attached hydrogens (primary N) is 1. The van der Waals surface area contributed by atoms with Crippen molar-refractivity contribution in [2.45, 2.75) is 91.3 Å². The Balaban J connectivity index is 1.40. The molecule has 5 rings (SSSR count). The molecule has 2 aliphatic carbocycles. The molecule has 1 aliphatic heterocycles. The van der Waals surface area contributed by atoms with E-state index in [0.717, 1.165) is 25.7 Å². The third-order valence-electron chi connectivity index (χ3n) is 9.33. The predicted molar refractivity (Wildman–Crippen MR) is 148 cm³/mol. The van der Waals surface area contributed by atoms with E-state index in [1.165, 1.54) is 0 Å². The van der Waals surface area contributed by atoms with Crippen molar-refractivity contribution < 1.29 is 23.6 Å². The van der Waals surface area contributed by atoms with Crippen LogP contribution >= 0.6 is 0 Å². The third kappa shape index (κ3) is 5.17. The number of Topliss-reactive ketones (excluding diaryl/α,β-unsaturated/α-hetero) is 1. The van der Waals surface area contributed by atoms with Crippen LogP contribution in [-0.2, 0) is 19.2 Å². The highest BCUT2D eigenvalue weighted by Crippen LogP contribution is 2.69. The molecule has 1 spiro atoms. The number of fused-ring (bicyclic) bond motifs is 1. The summed E-state index contributed by atoms with van der Waals surface area (Å²) in [6, 6.07) is 1.15. The number of rotatable bonds is 9. The minimum absolute atomic E-state index is 0.0223. The summed E-state index contributed by atoms with van der Waals surface area (Å²) in [7, 11) is 0. The number of carbonyl (C=O) groups excluding carboxylic acids is 4. The molecule has 3 fully saturated rings. The fourth-order valence-corrected chi connectivity index (χ4v) is 6.37. The smallest absolute Gasteiger partial charge is 0.297 e. The van der Waals surface area contributed by atoms with Crippen molar-refractivity contribution in [2.24, 2.45) is 27.9 Å². The molecular formula is C29H40N6O5. The Morgan fingerprint density at radius 1 is 1.23 bits per heavy atom. The molecule has 40 heavy (non-hydrogen) atoms. The molecule has 4 atom stereocenters. The number of amides is 3. The lowest BCUT2D eigenvalue weighted by molar-refractivity contribution is -0.142. The molecule has 216 valence electrons. The van der Waals surface area contributed by atoms with Crippen molar-refractivity contribution in [3.05, 3.63) is 18.3 Å². The van der Waals surface area contributed by atoms with Crippen LogP contribution in [0.1, 0.15) is 73.1 Å². The number of carbonyl (C=O) groups is 4. The zero-order valence-corrected chi connectivity index (χ0v) is 24.0. The Morgan fingerprint density at radius 3 is 2.48 bits per heavy atom. The molecule has 2 saturated carbocycles. The topological polar surface area (TPSA) is 161 Å². The number of hydrogen-bond donors (Lipinski definition) is 3. The Morgan fingerprint density at radius 2 is 1.93 bits per heavy atom. The van der Waals surface area contributed by atoms with Gasteiger partial charge in [0.15, 0.2) is 5.58 Å². The highest BCUT2D eigenvalue weighted by molar-refractivity contribution is 6.37. The Hall–Kier alpha value is -3.50. The van der Waals surface area contributed by atoms with E-state index in [1.54, 1.807) is 23.2 Å². The van der Waals surface area contributed by atoms with Crippen LogP contribution < -0.4 is 16.4 Å². The van der Waals surface area contributed by atoms with Crippen LogP contribution in [0.15, 0.2) is 22.7 Å². The van der Waals surface area contributed by atoms with Crippen LogP contribution in [0.4, 0.5) is 6.01 Å². The second-order valence-corrected chi connectivity index (χ2v) is 13.6. The van der Waals surface area contributed by atoms with Gasteiger partial charge in [0.05, 0.1) is 6.04 Å². The number of anilines is 1. The number of oxazole rings is 1. The van der Waals surface area contributed by atoms with Gasteiger partial charge < -0.3 is 25.7 Å². The summed E-state index contributed by atoms with van der Waals surface area (Å²) in [5.74, 6) is -2.27. The molecule has 0 radical (unpaired) electrons. The lowest BCUT2D eigenvalue weighted by Gasteiger charge is -2.35. The Bertz CT molecular complexity index is 1310. The minimum atomic E-state index is -1.06. The highest BCUT2D eigenvalue weighted by atomic mass is 16.4. The molecule has 3 amide bonds. The van der Waals surface area contributed by atoms with Gasteiger partial charge in [-0.2, -0.15) is 4.98 Å². The summed E-state index contributed by atoms with van der Waals surface area (Å²) >= 11 is 0. The van der Waals surface area contributed by atoms with Gasteiger partial charge in [0.1, 0.15) is 12.1 Å². The number of pyridine rings is 1. The normalized spacial score (nSPS) is 25.3. The number of nitrogens with one attached hydrogen (secondary N) is 2. The maximum atomic E-state index is 14.3. The van der Waals surface area contributed by atoms with Crippen molar-refractivity contribution in [3.8, 4) is 0 Å². The van der Waals surface area contributed by atoms with Crippen molar-refractivity contribution in [1.29, 1.82) is 0 Å². The molecule has 11 heteroatoms. The van der Waals surface area contributed by atoms with Gasteiger partial charge in [0, 0.05) is 12.7 Å². The fraction of sp³-hybridized carbons (Fsp3) is 0.655. The number of primary amides is 1. The predicted octanol–water partition coefficient (Wildman–Crippen LogP) is 2.80. The van der Waals surface area contributed by atoms with Gasteiger partial charge in [-0.3, -0.25) is 19.2 Å². The van der Waals surface area contributed by atoms with Crippen molar-refractivity contribution in [3.63, 3.8) is 0 Å². The second kappa shape index (κ2) is 9.85. The van der Waals surface area contributed by atoms with Crippen LogP contribution in [0, 0.1) is 22.2 Å². The summed E-state index contributed by atoms with van der Waals surface area (Å²) in [5.41, 5.74) is 5.48. The van der Waals surface area contributed by atoms with Gasteiger partial charge in [-0.15, -0.1) is 0 Å². The molecule has 1 unspecified atom stereocenters. The SMILES string of the molecule is CC(C)(C)[C@H](Nc1nc2ncccc2o1)C(=O)N1C[C@]2(C[C@H]1C(=O)NC(CC1CCC1)C(=O)C(N)=O)CC2(C)C. The third-order valence-corrected chi connectivity index (χ3v) is 9.33. The van der Waals surface area contributed by atoms with Crippen molar-refractivity contribution >= 4 is 40.7 Å². The zero-order valence-electron chi connectivity index (χ0n) is 24.0. The molecule has 0 aromatic carbocycles. The summed E-state index contributed by atoms with van der Waals surface area (Å²) in [4.78, 5) is 62.7. The van der Waals surface area contributed by atoms with Gasteiger partial charge in [-0.05, 0) is 53.6 Å². The van der Waals surface area contributed by atoms with Crippen LogP contribution in [0.25, 0.3) is 11.2 Å². The second-order valence-electron chi connectivity index (χ2n) is 13.6. The van der Waals surface area contributed by atoms with Gasteiger partial charge >= 0.3 is 0 Å². The van der Waals surface area contributed by atoms with Crippen LogP contribution in [0.3, 0.4) is 0 Å². The first-order chi connectivity index (χ1) is 18.7. The van der Waals surface area contributed by atoms with E-state index in [2.05, 4.69) is 34.4 Å².